The molecular weight excluding hydrogens is 420 g/mol. The van der Waals surface area contributed by atoms with Gasteiger partial charge in [-0.3, -0.25) is 0 Å². The number of hydrogen-bond donors (Lipinski definition) is 1. The van der Waals surface area contributed by atoms with Crippen LogP contribution >= 0.6 is 0 Å². The molecular formula is C31H52O3. The molecule has 0 atom stereocenters. The summed E-state index contributed by atoms with van der Waals surface area (Å²) in [6, 6.07) is 6.15. The number of benzene rings is 1. The summed E-state index contributed by atoms with van der Waals surface area (Å²) in [4.78, 5) is 0. The van der Waals surface area contributed by atoms with Crippen molar-refractivity contribution in [3.8, 4) is 23.3 Å². The molecule has 3 nitrogen and oxygen atoms in total. The Labute approximate surface area is 211 Å². The highest BCUT2D eigenvalue weighted by Crippen LogP contribution is 2.25. The van der Waals surface area contributed by atoms with Crippen LogP contribution < -0.4 is 9.47 Å². The molecule has 0 aliphatic carbocycles. The highest BCUT2D eigenvalue weighted by Gasteiger charge is 2.04. The molecule has 0 bridgehead atoms. The number of aliphatic hydroxyl groups excluding tert-OH is 1. The Morgan fingerprint density at radius 3 is 1.65 bits per heavy atom. The van der Waals surface area contributed by atoms with E-state index in [9.17, 15) is 0 Å². The van der Waals surface area contributed by atoms with Gasteiger partial charge in [-0.2, -0.15) is 0 Å². The van der Waals surface area contributed by atoms with Crippen molar-refractivity contribution in [3.05, 3.63) is 23.8 Å². The molecule has 0 unspecified atom stereocenters. The summed E-state index contributed by atoms with van der Waals surface area (Å²) < 4.78 is 11.6. The molecule has 3 heteroatoms. The first-order valence-electron chi connectivity index (χ1n) is 14.3. The van der Waals surface area contributed by atoms with Gasteiger partial charge >= 0.3 is 0 Å². The lowest BCUT2D eigenvalue weighted by molar-refractivity contribution is 0.200. The second-order valence-corrected chi connectivity index (χ2v) is 9.43. The minimum atomic E-state index is 0.0205. The molecule has 0 fully saturated rings. The number of aryl methyl sites for hydroxylation is 1. The van der Waals surface area contributed by atoms with Gasteiger partial charge in [-0.15, -0.1) is 5.92 Å². The molecule has 0 amide bonds. The molecule has 34 heavy (non-hydrogen) atoms. The number of unbranched alkanes of at least 4 members (excludes halogenated alkanes) is 14. The van der Waals surface area contributed by atoms with Gasteiger partial charge in [0.05, 0.1) is 13.2 Å². The summed E-state index contributed by atoms with van der Waals surface area (Å²) >= 11 is 0. The Hall–Kier alpha value is -1.66. The van der Waals surface area contributed by atoms with Crippen LogP contribution in [0.25, 0.3) is 0 Å². The maximum absolute atomic E-state index is 9.09. The van der Waals surface area contributed by atoms with Crippen molar-refractivity contribution in [3.63, 3.8) is 0 Å². The van der Waals surface area contributed by atoms with Crippen LogP contribution in [0.5, 0.6) is 11.5 Å². The van der Waals surface area contributed by atoms with Crippen LogP contribution in [-0.2, 0) is 6.42 Å². The summed E-state index contributed by atoms with van der Waals surface area (Å²) in [5.74, 6) is 8.03. The largest absolute Gasteiger partial charge is 0.492 e. The molecule has 0 aromatic heterocycles. The summed E-state index contributed by atoms with van der Waals surface area (Å²) in [5.41, 5.74) is 1.25. The molecule has 0 saturated carbocycles. The van der Waals surface area contributed by atoms with E-state index in [-0.39, 0.29) is 6.61 Å². The van der Waals surface area contributed by atoms with Crippen LogP contribution in [0.15, 0.2) is 18.2 Å². The monoisotopic (exact) mass is 472 g/mol. The van der Waals surface area contributed by atoms with Crippen LogP contribution in [0.1, 0.15) is 129 Å². The second kappa shape index (κ2) is 23.1. The molecule has 1 N–H and O–H groups in total. The lowest BCUT2D eigenvalue weighted by Gasteiger charge is -2.12. The molecule has 0 aliphatic heterocycles. The van der Waals surface area contributed by atoms with Gasteiger partial charge in [0.1, 0.15) is 18.1 Å². The Balaban J connectivity index is 2.24. The second-order valence-electron chi connectivity index (χ2n) is 9.43. The maximum Gasteiger partial charge on any atom is 0.123 e. The number of rotatable bonds is 22. The normalized spacial score (nSPS) is 10.7. The summed E-state index contributed by atoms with van der Waals surface area (Å²) in [7, 11) is 0. The van der Waals surface area contributed by atoms with E-state index in [0.29, 0.717) is 13.2 Å². The van der Waals surface area contributed by atoms with E-state index in [1.165, 1.54) is 102 Å². The van der Waals surface area contributed by atoms with E-state index in [1.807, 2.05) is 6.07 Å². The highest BCUT2D eigenvalue weighted by molar-refractivity contribution is 5.38. The van der Waals surface area contributed by atoms with Crippen molar-refractivity contribution < 1.29 is 14.6 Å². The smallest absolute Gasteiger partial charge is 0.123 e. The molecule has 0 radical (unpaired) electrons. The average Bonchev–Trinajstić information content (AvgIpc) is 2.85. The Morgan fingerprint density at radius 2 is 1.09 bits per heavy atom. The van der Waals surface area contributed by atoms with Gasteiger partial charge in [0.25, 0.3) is 0 Å². The molecule has 0 spiro atoms. The van der Waals surface area contributed by atoms with Gasteiger partial charge in [0, 0.05) is 18.9 Å². The third-order valence-electron chi connectivity index (χ3n) is 6.14. The van der Waals surface area contributed by atoms with E-state index in [1.54, 1.807) is 0 Å². The number of hydrogen-bond acceptors (Lipinski definition) is 3. The molecule has 1 aromatic carbocycles. The molecule has 0 saturated heterocycles. The average molecular weight is 473 g/mol. The Morgan fingerprint density at radius 1 is 0.588 bits per heavy atom. The molecule has 0 heterocycles. The highest BCUT2D eigenvalue weighted by atomic mass is 16.5. The minimum Gasteiger partial charge on any atom is -0.492 e. The van der Waals surface area contributed by atoms with Crippen molar-refractivity contribution in [2.45, 2.75) is 129 Å². The maximum atomic E-state index is 9.09. The predicted octanol–water partition coefficient (Wildman–Crippen LogP) is 8.65. The number of ether oxygens (including phenoxy) is 2. The zero-order chi connectivity index (χ0) is 24.5. The van der Waals surface area contributed by atoms with Gasteiger partial charge in [-0.05, 0) is 37.0 Å². The van der Waals surface area contributed by atoms with E-state index in [2.05, 4.69) is 37.8 Å². The van der Waals surface area contributed by atoms with Crippen molar-refractivity contribution in [1.29, 1.82) is 0 Å². The van der Waals surface area contributed by atoms with Crippen LogP contribution in [0, 0.1) is 11.8 Å². The lowest BCUT2D eigenvalue weighted by Crippen LogP contribution is -2.03. The first kappa shape index (κ1) is 30.4. The zero-order valence-electron chi connectivity index (χ0n) is 22.3. The van der Waals surface area contributed by atoms with Crippen molar-refractivity contribution in [2.24, 2.45) is 0 Å². The van der Waals surface area contributed by atoms with Crippen molar-refractivity contribution in [2.75, 3.05) is 19.8 Å². The zero-order valence-corrected chi connectivity index (χ0v) is 22.3. The third kappa shape index (κ3) is 17.8. The van der Waals surface area contributed by atoms with E-state index < -0.39 is 0 Å². The van der Waals surface area contributed by atoms with Gasteiger partial charge < -0.3 is 14.6 Å². The Kier molecular flexibility index (Phi) is 20.6. The fourth-order valence-corrected chi connectivity index (χ4v) is 4.11. The van der Waals surface area contributed by atoms with E-state index in [0.717, 1.165) is 30.8 Å². The quantitative estimate of drug-likeness (QED) is 0.135. The fourth-order valence-electron chi connectivity index (χ4n) is 4.11. The van der Waals surface area contributed by atoms with E-state index in [4.69, 9.17) is 14.6 Å². The van der Waals surface area contributed by atoms with Gasteiger partial charge in [0.15, 0.2) is 0 Å². The topological polar surface area (TPSA) is 38.7 Å². The van der Waals surface area contributed by atoms with Gasteiger partial charge in [-0.1, -0.05) is 103 Å². The van der Waals surface area contributed by atoms with Crippen LogP contribution in [0.2, 0.25) is 0 Å². The minimum absolute atomic E-state index is 0.0205. The van der Waals surface area contributed by atoms with Crippen LogP contribution in [-0.4, -0.2) is 24.9 Å². The molecule has 1 aromatic rings. The summed E-state index contributed by atoms with van der Waals surface area (Å²) in [6.07, 6.45) is 23.0. The molecule has 1 rings (SSSR count). The standard InChI is InChI=1S/C31H52O3/c1-3-5-7-9-11-12-13-14-15-16-17-18-20-22-29-26-30(28-31(27-29)34-25-23-32)33-24-21-19-10-8-6-4-2/h26-28,32H,3-9,11-18,20-25H2,1-2H3. The van der Waals surface area contributed by atoms with Crippen molar-refractivity contribution in [1.82, 2.24) is 0 Å². The number of aliphatic hydroxyl groups is 1. The van der Waals surface area contributed by atoms with Crippen LogP contribution in [0.4, 0.5) is 0 Å². The van der Waals surface area contributed by atoms with Crippen molar-refractivity contribution >= 4 is 0 Å². The summed E-state index contributed by atoms with van der Waals surface area (Å²) in [6.45, 7) is 5.40. The SMILES string of the molecule is CCCCC#CCCOc1cc(CCCCCCCCCCCCCCC)cc(OCCO)c1. The molecule has 194 valence electrons. The van der Waals surface area contributed by atoms with Crippen LogP contribution in [0.3, 0.4) is 0 Å². The first-order valence-corrected chi connectivity index (χ1v) is 14.3. The van der Waals surface area contributed by atoms with Gasteiger partial charge in [0.2, 0.25) is 0 Å². The van der Waals surface area contributed by atoms with Gasteiger partial charge in [-0.25, -0.2) is 0 Å². The predicted molar refractivity (Wildman–Crippen MR) is 146 cm³/mol. The first-order chi connectivity index (χ1) is 16.8. The Bertz CT molecular complexity index is 644. The fraction of sp³-hybridized carbons (Fsp3) is 0.742. The summed E-state index contributed by atoms with van der Waals surface area (Å²) in [5, 5.41) is 9.09. The molecule has 0 aliphatic rings. The third-order valence-corrected chi connectivity index (χ3v) is 6.14. The lowest BCUT2D eigenvalue weighted by atomic mass is 10.0. The van der Waals surface area contributed by atoms with E-state index >= 15 is 0 Å².